The quantitative estimate of drug-likeness (QED) is 0.439. The Bertz CT molecular complexity index is 869. The lowest BCUT2D eigenvalue weighted by Gasteiger charge is -2.22. The Balaban J connectivity index is 2.94. The maximum Gasteiger partial charge on any atom is 0.511 e. The van der Waals surface area contributed by atoms with Crippen LogP contribution >= 0.6 is 0 Å². The first-order chi connectivity index (χ1) is 13.5. The van der Waals surface area contributed by atoms with Crippen molar-refractivity contribution in [1.29, 1.82) is 5.26 Å². The minimum absolute atomic E-state index is 0.00304. The van der Waals surface area contributed by atoms with Gasteiger partial charge < -0.3 is 14.8 Å². The average molecular weight is 441 g/mol. The molecule has 1 rings (SSSR count). The SMILES string of the molecule is CCC(=O)NCc1cc(OCCN(COC)S(=O)(=O)C(F)(F)F)c(F)cc1C#N. The molecule has 162 valence electrons. The Hall–Kier alpha value is -2.43. The summed E-state index contributed by atoms with van der Waals surface area (Å²) in [4.78, 5) is 11.4. The Morgan fingerprint density at radius 2 is 2.00 bits per heavy atom. The molecule has 0 fully saturated rings. The van der Waals surface area contributed by atoms with Gasteiger partial charge >= 0.3 is 15.5 Å². The van der Waals surface area contributed by atoms with Crippen LogP contribution in [0.2, 0.25) is 0 Å². The third kappa shape index (κ3) is 6.55. The topological polar surface area (TPSA) is 109 Å². The number of halogens is 4. The van der Waals surface area contributed by atoms with E-state index in [-0.39, 0.29) is 34.3 Å². The molecule has 29 heavy (non-hydrogen) atoms. The van der Waals surface area contributed by atoms with E-state index < -0.39 is 47.0 Å². The predicted octanol–water partition coefficient (Wildman–Crippen LogP) is 1.86. The molecular formula is C16H19F4N3O5S. The van der Waals surface area contributed by atoms with Gasteiger partial charge in [-0.15, -0.1) is 0 Å². The molecule has 0 heterocycles. The molecule has 1 N–H and O–H groups in total. The number of alkyl halides is 3. The number of hydrogen-bond acceptors (Lipinski definition) is 6. The molecule has 0 bridgehead atoms. The van der Waals surface area contributed by atoms with Gasteiger partial charge in [-0.05, 0) is 17.7 Å². The van der Waals surface area contributed by atoms with Crippen molar-refractivity contribution in [3.63, 3.8) is 0 Å². The largest absolute Gasteiger partial charge is 0.511 e. The molecule has 0 aromatic heterocycles. The van der Waals surface area contributed by atoms with Crippen molar-refractivity contribution < 1.29 is 40.2 Å². The summed E-state index contributed by atoms with van der Waals surface area (Å²) in [5.74, 6) is -1.69. The molecule has 0 saturated carbocycles. The van der Waals surface area contributed by atoms with E-state index >= 15 is 0 Å². The van der Waals surface area contributed by atoms with E-state index in [9.17, 15) is 30.8 Å². The van der Waals surface area contributed by atoms with Gasteiger partial charge in [-0.2, -0.15) is 22.7 Å². The molecular weight excluding hydrogens is 422 g/mol. The Kier molecular flexibility index (Phi) is 8.80. The Morgan fingerprint density at radius 3 is 2.52 bits per heavy atom. The first-order valence-electron chi connectivity index (χ1n) is 8.15. The molecule has 0 atom stereocenters. The second kappa shape index (κ2) is 10.4. The van der Waals surface area contributed by atoms with Gasteiger partial charge in [0.05, 0.1) is 18.2 Å². The number of sulfonamides is 1. The zero-order valence-electron chi connectivity index (χ0n) is 15.5. The fourth-order valence-electron chi connectivity index (χ4n) is 2.08. The summed E-state index contributed by atoms with van der Waals surface area (Å²) >= 11 is 0. The third-order valence-corrected chi connectivity index (χ3v) is 5.13. The van der Waals surface area contributed by atoms with Crippen LogP contribution in [0.25, 0.3) is 0 Å². The summed E-state index contributed by atoms with van der Waals surface area (Å²) in [6.45, 7) is -0.750. The van der Waals surface area contributed by atoms with Gasteiger partial charge in [-0.3, -0.25) is 4.79 Å². The van der Waals surface area contributed by atoms with Gasteiger partial charge in [0.2, 0.25) is 5.91 Å². The van der Waals surface area contributed by atoms with E-state index in [1.165, 1.54) is 0 Å². The number of rotatable bonds is 10. The first-order valence-corrected chi connectivity index (χ1v) is 9.59. The lowest BCUT2D eigenvalue weighted by atomic mass is 10.1. The Labute approximate surface area is 165 Å². The number of amides is 1. The number of nitriles is 1. The van der Waals surface area contributed by atoms with Crippen LogP contribution in [0.5, 0.6) is 5.75 Å². The summed E-state index contributed by atoms with van der Waals surface area (Å²) in [5.41, 5.74) is -5.37. The van der Waals surface area contributed by atoms with E-state index in [0.29, 0.717) is 0 Å². The molecule has 1 aromatic carbocycles. The van der Waals surface area contributed by atoms with Gasteiger partial charge in [0.15, 0.2) is 11.6 Å². The van der Waals surface area contributed by atoms with Gasteiger partial charge in [0.25, 0.3) is 0 Å². The highest BCUT2D eigenvalue weighted by Crippen LogP contribution is 2.27. The Morgan fingerprint density at radius 1 is 1.34 bits per heavy atom. The third-order valence-electron chi connectivity index (χ3n) is 3.58. The average Bonchev–Trinajstić information content (AvgIpc) is 2.65. The van der Waals surface area contributed by atoms with Crippen LogP contribution in [0.15, 0.2) is 12.1 Å². The van der Waals surface area contributed by atoms with Crippen molar-refractivity contribution in [1.82, 2.24) is 9.62 Å². The van der Waals surface area contributed by atoms with Crippen molar-refractivity contribution in [2.45, 2.75) is 25.4 Å². The second-order valence-corrected chi connectivity index (χ2v) is 7.50. The summed E-state index contributed by atoms with van der Waals surface area (Å²) in [5, 5.41) is 11.6. The monoisotopic (exact) mass is 441 g/mol. The molecule has 0 aliphatic rings. The smallest absolute Gasteiger partial charge is 0.489 e. The first kappa shape index (κ1) is 24.6. The fourth-order valence-corrected chi connectivity index (χ4v) is 2.93. The molecule has 8 nitrogen and oxygen atoms in total. The molecule has 1 aromatic rings. The van der Waals surface area contributed by atoms with E-state index in [0.717, 1.165) is 19.2 Å². The van der Waals surface area contributed by atoms with Crippen LogP contribution in [0.3, 0.4) is 0 Å². The molecule has 13 heteroatoms. The minimum Gasteiger partial charge on any atom is -0.489 e. The van der Waals surface area contributed by atoms with Gasteiger partial charge in [0, 0.05) is 20.1 Å². The van der Waals surface area contributed by atoms with E-state index in [1.807, 2.05) is 0 Å². The van der Waals surface area contributed by atoms with Crippen LogP contribution in [0.4, 0.5) is 17.6 Å². The maximum absolute atomic E-state index is 14.1. The molecule has 1 amide bonds. The summed E-state index contributed by atoms with van der Waals surface area (Å²) in [7, 11) is -4.65. The van der Waals surface area contributed by atoms with Crippen molar-refractivity contribution in [3.8, 4) is 11.8 Å². The standard InChI is InChI=1S/C16H19F4N3O5S/c1-3-15(24)22-9-12-7-14(13(17)6-11(12)8-21)28-5-4-23(10-27-2)29(25,26)16(18,19)20/h6-7H,3-5,9-10H2,1-2H3,(H,22,24). The fraction of sp³-hybridized carbons (Fsp3) is 0.500. The highest BCUT2D eigenvalue weighted by Gasteiger charge is 2.49. The minimum atomic E-state index is -5.66. The van der Waals surface area contributed by atoms with E-state index in [2.05, 4.69) is 10.1 Å². The zero-order chi connectivity index (χ0) is 22.2. The van der Waals surface area contributed by atoms with Gasteiger partial charge in [-0.25, -0.2) is 12.8 Å². The molecule has 0 saturated heterocycles. The number of hydrogen-bond donors (Lipinski definition) is 1. The van der Waals surface area contributed by atoms with E-state index in [4.69, 9.17) is 10.00 Å². The molecule has 0 aliphatic carbocycles. The van der Waals surface area contributed by atoms with Crippen molar-refractivity contribution in [3.05, 3.63) is 29.1 Å². The van der Waals surface area contributed by atoms with Gasteiger partial charge in [-0.1, -0.05) is 6.92 Å². The van der Waals surface area contributed by atoms with Crippen LogP contribution in [-0.2, 0) is 26.1 Å². The van der Waals surface area contributed by atoms with Crippen LogP contribution < -0.4 is 10.1 Å². The maximum atomic E-state index is 14.1. The van der Waals surface area contributed by atoms with E-state index in [1.54, 1.807) is 13.0 Å². The molecule has 0 spiro atoms. The molecule has 0 aliphatic heterocycles. The lowest BCUT2D eigenvalue weighted by molar-refractivity contribution is -0.120. The number of methoxy groups -OCH3 is 1. The number of nitrogens with zero attached hydrogens (tertiary/aromatic N) is 2. The zero-order valence-corrected chi connectivity index (χ0v) is 16.4. The number of benzene rings is 1. The lowest BCUT2D eigenvalue weighted by Crippen LogP contribution is -2.43. The number of ether oxygens (including phenoxy) is 2. The number of carbonyl (C=O) groups excluding carboxylic acids is 1. The van der Waals surface area contributed by atoms with Crippen LogP contribution in [-0.4, -0.2) is 51.1 Å². The van der Waals surface area contributed by atoms with Gasteiger partial charge in [0.1, 0.15) is 13.3 Å². The van der Waals surface area contributed by atoms with Crippen molar-refractivity contribution in [2.75, 3.05) is 27.0 Å². The molecule has 0 radical (unpaired) electrons. The normalized spacial score (nSPS) is 11.9. The predicted molar refractivity (Wildman–Crippen MR) is 92.3 cm³/mol. The van der Waals surface area contributed by atoms with Crippen LogP contribution in [0, 0.1) is 17.1 Å². The highest BCUT2D eigenvalue weighted by atomic mass is 32.2. The summed E-state index contributed by atoms with van der Waals surface area (Å²) in [6.07, 6.45) is 0.190. The van der Waals surface area contributed by atoms with Crippen LogP contribution in [0.1, 0.15) is 24.5 Å². The second-order valence-electron chi connectivity index (χ2n) is 5.57. The van der Waals surface area contributed by atoms with Crippen molar-refractivity contribution >= 4 is 15.9 Å². The number of carbonyl (C=O) groups is 1. The summed E-state index contributed by atoms with van der Waals surface area (Å²) in [6, 6.07) is 3.72. The molecule has 0 unspecified atom stereocenters. The number of nitrogens with one attached hydrogen (secondary N) is 1. The summed E-state index contributed by atoms with van der Waals surface area (Å²) < 4.78 is 84.6. The van der Waals surface area contributed by atoms with Crippen molar-refractivity contribution in [2.24, 2.45) is 0 Å². The highest BCUT2D eigenvalue weighted by molar-refractivity contribution is 7.89.